The molecule has 2 fully saturated rings. The van der Waals surface area contributed by atoms with Crippen LogP contribution in [0.25, 0.3) is 38.4 Å². The van der Waals surface area contributed by atoms with Crippen LogP contribution in [0, 0.1) is 42.7 Å². The van der Waals surface area contributed by atoms with Gasteiger partial charge in [-0.3, -0.25) is 24.2 Å². The number of carbonyl (C=O) groups is 4. The summed E-state index contributed by atoms with van der Waals surface area (Å²) in [7, 11) is 0. The minimum atomic E-state index is -1.04. The monoisotopic (exact) mass is 1070 g/mol. The zero-order valence-electron chi connectivity index (χ0n) is 44.6. The minimum absolute atomic E-state index is 0.00931. The van der Waals surface area contributed by atoms with Crippen molar-refractivity contribution < 1.29 is 42.5 Å². The summed E-state index contributed by atoms with van der Waals surface area (Å²) in [6, 6.07) is 13.3. The maximum absolute atomic E-state index is 16.8. The third kappa shape index (κ3) is 12.1. The number of benzene rings is 2. The number of hydrogen-bond acceptors (Lipinski definition) is 14. The molecule has 0 bridgehead atoms. The molecule has 2 aromatic carbocycles. The van der Waals surface area contributed by atoms with Crippen molar-refractivity contribution in [1.29, 1.82) is 0 Å². The molecule has 17 nitrogen and oxygen atoms in total. The van der Waals surface area contributed by atoms with Crippen LogP contribution in [0.2, 0.25) is 0 Å². The van der Waals surface area contributed by atoms with Gasteiger partial charge in [-0.05, 0) is 109 Å². The van der Waals surface area contributed by atoms with Crippen LogP contribution >= 0.6 is 11.5 Å². The highest BCUT2D eigenvalue weighted by molar-refractivity contribution is 7.09. The van der Waals surface area contributed by atoms with Gasteiger partial charge >= 0.3 is 5.69 Å². The van der Waals surface area contributed by atoms with Gasteiger partial charge in [0.2, 0.25) is 17.7 Å². The summed E-state index contributed by atoms with van der Waals surface area (Å²) in [4.78, 5) is 86.7. The average molecular weight is 1070 g/mol. The molecule has 5 heterocycles. The molecule has 6 aromatic rings. The number of amides is 3. The average Bonchev–Trinajstić information content (AvgIpc) is 4.04. The Morgan fingerprint density at radius 1 is 0.974 bits per heavy atom. The number of halogens is 2. The first-order chi connectivity index (χ1) is 36.7. The van der Waals surface area contributed by atoms with Crippen molar-refractivity contribution in [2.75, 3.05) is 44.4 Å². The molecular weight excluding hydrogens is 1010 g/mol. The fourth-order valence-corrected chi connectivity index (χ4v) is 11.0. The molecule has 3 amide bonds. The molecule has 5 atom stereocenters. The number of ketones is 1. The largest absolute Gasteiger partial charge is 0.490 e. The SMILES string of the molecule is C=CC(=O)N1CCN(c2nc(=O)n(-c3c(C)ccnc3C(C)C)c3nc(-c4c(F)cccc4OCCOCC(=O)N[C@H](C(=O)C4C[C@H](O)C[C@H]4C(=O)NCc4ccc(-c5sncc5C)cc4)C(C)(C)C)c(F)cc23)[C@@H](C)C1. The normalized spacial score (nSPS) is 18.1. The number of anilines is 1. The van der Waals surface area contributed by atoms with E-state index in [4.69, 9.17) is 14.5 Å². The number of hydrogen-bond donors (Lipinski definition) is 3. The first-order valence-corrected chi connectivity index (χ1v) is 26.5. The number of ether oxygens (including phenoxy) is 2. The standard InChI is InChI=1S/C57H65F2N9O8S/c1-10-45(71)66-20-21-67(34(6)29-66)53-40-26-42(59)48(64-54(40)68(56(74)65-53)49-32(4)18-19-60-47(49)31(2)3)46-41(58)12-11-13-43(46)76-23-22-75-30-44(70)63-52(57(7,8)9)50(72)38-24-37(69)25-39(38)55(73)61-28-35-14-16-36(17-15-35)51-33(5)27-62-77-51/h10-19,26-27,31,34,37-39,52,69H,1,20-25,28-30H2,2-9H3,(H,61,73)(H,63,70)/t34-,37-,38?,39+,52+/m0/s1. The summed E-state index contributed by atoms with van der Waals surface area (Å²) in [6.45, 7) is 18.6. The lowest BCUT2D eigenvalue weighted by molar-refractivity contribution is -0.138. The van der Waals surface area contributed by atoms with Gasteiger partial charge < -0.3 is 35.0 Å². The Kier molecular flexibility index (Phi) is 17.1. The summed E-state index contributed by atoms with van der Waals surface area (Å²) >= 11 is 1.41. The fourth-order valence-electron chi connectivity index (χ4n) is 10.2. The highest BCUT2D eigenvalue weighted by Crippen LogP contribution is 2.39. The lowest BCUT2D eigenvalue weighted by Crippen LogP contribution is -2.54. The molecule has 406 valence electrons. The van der Waals surface area contributed by atoms with Gasteiger partial charge in [-0.15, -0.1) is 0 Å². The van der Waals surface area contributed by atoms with Crippen LogP contribution in [0.1, 0.15) is 82.7 Å². The number of carbonyl (C=O) groups excluding carboxylic acids is 4. The number of aromatic nitrogens is 5. The fraction of sp³-hybridized carbons (Fsp3) is 0.421. The van der Waals surface area contributed by atoms with Gasteiger partial charge in [0.15, 0.2) is 17.2 Å². The van der Waals surface area contributed by atoms with Crippen molar-refractivity contribution in [3.8, 4) is 33.1 Å². The maximum atomic E-state index is 16.8. The predicted molar refractivity (Wildman–Crippen MR) is 290 cm³/mol. The molecule has 4 aromatic heterocycles. The van der Waals surface area contributed by atoms with E-state index in [0.717, 1.165) is 27.6 Å². The van der Waals surface area contributed by atoms with Crippen molar-refractivity contribution in [2.24, 2.45) is 17.3 Å². The number of aliphatic hydroxyl groups is 1. The lowest BCUT2D eigenvalue weighted by Gasteiger charge is -2.40. The molecule has 1 saturated heterocycles. The number of aryl methyl sites for hydroxylation is 2. The zero-order chi connectivity index (χ0) is 55.5. The first kappa shape index (κ1) is 55.9. The van der Waals surface area contributed by atoms with Crippen LogP contribution in [0.5, 0.6) is 5.75 Å². The molecule has 8 rings (SSSR count). The number of aliphatic hydroxyl groups excluding tert-OH is 1. The Balaban J connectivity index is 0.963. The van der Waals surface area contributed by atoms with Gasteiger partial charge in [0.1, 0.15) is 36.3 Å². The third-order valence-corrected chi connectivity index (χ3v) is 15.1. The number of rotatable bonds is 18. The van der Waals surface area contributed by atoms with E-state index in [0.29, 0.717) is 16.9 Å². The van der Waals surface area contributed by atoms with E-state index in [2.05, 4.69) is 31.6 Å². The quantitative estimate of drug-likeness (QED) is 0.0567. The number of pyridine rings is 2. The second-order valence-corrected chi connectivity index (χ2v) is 22.0. The van der Waals surface area contributed by atoms with Crippen LogP contribution in [0.3, 0.4) is 0 Å². The zero-order valence-corrected chi connectivity index (χ0v) is 45.4. The second kappa shape index (κ2) is 23.5. The van der Waals surface area contributed by atoms with Crippen molar-refractivity contribution in [3.05, 3.63) is 124 Å². The van der Waals surface area contributed by atoms with Crippen LogP contribution < -0.4 is 26.0 Å². The van der Waals surface area contributed by atoms with Crippen molar-refractivity contribution in [2.45, 2.75) is 98.9 Å². The Bertz CT molecular complexity index is 3270. The maximum Gasteiger partial charge on any atom is 0.355 e. The molecule has 0 spiro atoms. The Morgan fingerprint density at radius 3 is 2.39 bits per heavy atom. The Morgan fingerprint density at radius 2 is 1.71 bits per heavy atom. The van der Waals surface area contributed by atoms with Gasteiger partial charge in [0, 0.05) is 50.5 Å². The van der Waals surface area contributed by atoms with Crippen LogP contribution in [0.4, 0.5) is 14.6 Å². The van der Waals surface area contributed by atoms with Crippen molar-refractivity contribution in [1.82, 2.24) is 39.4 Å². The molecule has 1 unspecified atom stereocenters. The van der Waals surface area contributed by atoms with Gasteiger partial charge in [-0.25, -0.2) is 27.5 Å². The van der Waals surface area contributed by atoms with E-state index < -0.39 is 64.9 Å². The molecule has 1 aliphatic carbocycles. The molecule has 1 saturated carbocycles. The summed E-state index contributed by atoms with van der Waals surface area (Å²) in [5.74, 6) is -5.18. The van der Waals surface area contributed by atoms with Crippen molar-refractivity contribution in [3.63, 3.8) is 0 Å². The Labute approximate surface area is 449 Å². The van der Waals surface area contributed by atoms with E-state index in [-0.39, 0.29) is 110 Å². The summed E-state index contributed by atoms with van der Waals surface area (Å²) in [5.41, 5.74) is 2.30. The van der Waals surface area contributed by atoms with Crippen LogP contribution in [0.15, 0.2) is 84.4 Å². The predicted octanol–water partition coefficient (Wildman–Crippen LogP) is 7.41. The van der Waals surface area contributed by atoms with E-state index in [1.807, 2.05) is 70.0 Å². The topological polar surface area (TPSA) is 211 Å². The van der Waals surface area contributed by atoms with Gasteiger partial charge in [0.05, 0.1) is 51.9 Å². The van der Waals surface area contributed by atoms with Crippen LogP contribution in [-0.2, 0) is 30.5 Å². The van der Waals surface area contributed by atoms with Gasteiger partial charge in [-0.2, -0.15) is 4.98 Å². The minimum Gasteiger partial charge on any atom is -0.490 e. The van der Waals surface area contributed by atoms with Crippen LogP contribution in [-0.4, -0.2) is 115 Å². The summed E-state index contributed by atoms with van der Waals surface area (Å²) in [6.07, 6.45) is 3.96. The van der Waals surface area contributed by atoms with Gasteiger partial charge in [0.25, 0.3) is 0 Å². The molecule has 0 radical (unpaired) electrons. The second-order valence-electron chi connectivity index (χ2n) is 21.2. The molecular formula is C57H65F2N9O8S. The van der Waals surface area contributed by atoms with E-state index in [1.54, 1.807) is 37.9 Å². The van der Waals surface area contributed by atoms with E-state index in [9.17, 15) is 29.1 Å². The first-order valence-electron chi connectivity index (χ1n) is 25.7. The van der Waals surface area contributed by atoms with Gasteiger partial charge in [-0.1, -0.05) is 71.5 Å². The summed E-state index contributed by atoms with van der Waals surface area (Å²) in [5, 5.41) is 16.6. The number of Topliss-reactive ketones (excluding diaryl/α,β-unsaturated/α-hetero) is 1. The number of nitrogens with zero attached hydrogens (tertiary/aromatic N) is 7. The third-order valence-electron chi connectivity index (χ3n) is 14.2. The lowest BCUT2D eigenvalue weighted by atomic mass is 9.77. The smallest absolute Gasteiger partial charge is 0.355 e. The van der Waals surface area contributed by atoms with E-state index in [1.165, 1.54) is 40.4 Å². The molecule has 3 N–H and O–H groups in total. The molecule has 20 heteroatoms. The molecule has 1 aliphatic heterocycles. The molecule has 2 aliphatic rings. The number of piperazine rings is 1. The number of fused-ring (bicyclic) bond motifs is 1. The van der Waals surface area contributed by atoms with Crippen molar-refractivity contribution >= 4 is 51.9 Å². The summed E-state index contributed by atoms with van der Waals surface area (Å²) < 4.78 is 50.2. The van der Waals surface area contributed by atoms with E-state index >= 15 is 8.78 Å². The number of nitrogens with one attached hydrogen (secondary N) is 2. The highest BCUT2D eigenvalue weighted by Gasteiger charge is 2.47. The highest BCUT2D eigenvalue weighted by atomic mass is 32.1. The molecule has 77 heavy (non-hydrogen) atoms. The Hall–Kier alpha value is -7.29.